The number of aliphatic imine (C=N–C) groups is 2. The van der Waals surface area contributed by atoms with Crippen molar-refractivity contribution < 1.29 is 0 Å². The summed E-state index contributed by atoms with van der Waals surface area (Å²) in [6.07, 6.45) is -0.273. The van der Waals surface area contributed by atoms with Gasteiger partial charge in [-0.15, -0.1) is 11.3 Å². The Morgan fingerprint density at radius 2 is 1.20 bits per heavy atom. The number of amidine groups is 2. The van der Waals surface area contributed by atoms with Gasteiger partial charge < -0.3 is 5.32 Å². The zero-order valence-electron chi connectivity index (χ0n) is 32.1. The fourth-order valence-electron chi connectivity index (χ4n) is 8.78. The Hall–Kier alpha value is -7.74. The van der Waals surface area contributed by atoms with E-state index in [-0.39, 0.29) is 11.7 Å². The minimum atomic E-state index is -0.273. The maximum atomic E-state index is 14.6. The molecule has 7 heteroatoms. The van der Waals surface area contributed by atoms with Crippen LogP contribution in [0.3, 0.4) is 0 Å². The van der Waals surface area contributed by atoms with Gasteiger partial charge in [-0.25, -0.2) is 15.0 Å². The van der Waals surface area contributed by atoms with Crippen molar-refractivity contribution in [1.29, 1.82) is 0 Å². The molecule has 6 nitrogen and oxygen atoms in total. The van der Waals surface area contributed by atoms with Crippen LogP contribution in [-0.2, 0) is 0 Å². The third-order valence-corrected chi connectivity index (χ3v) is 12.8. The molecular formula is C53H33N5OS. The molecule has 1 aliphatic rings. The van der Waals surface area contributed by atoms with Crippen LogP contribution in [0.4, 0.5) is 0 Å². The molecule has 1 aliphatic heterocycles. The highest BCUT2D eigenvalue weighted by Gasteiger charge is 2.22. The smallest absolute Gasteiger partial charge is 0.266 e. The number of benzene rings is 8. The summed E-state index contributed by atoms with van der Waals surface area (Å²) >= 11 is 1.79. The normalized spacial score (nSPS) is 14.2. The first-order valence-corrected chi connectivity index (χ1v) is 20.8. The number of hydrogen-bond acceptors (Lipinski definition) is 6. The van der Waals surface area contributed by atoms with E-state index in [2.05, 4.69) is 115 Å². The molecule has 0 bridgehead atoms. The molecule has 0 fully saturated rings. The molecule has 0 aliphatic carbocycles. The van der Waals surface area contributed by atoms with E-state index in [1.165, 1.54) is 20.2 Å². The molecule has 1 unspecified atom stereocenters. The van der Waals surface area contributed by atoms with Gasteiger partial charge in [-0.05, 0) is 75.7 Å². The molecule has 0 spiro atoms. The van der Waals surface area contributed by atoms with Crippen molar-refractivity contribution >= 4 is 81.4 Å². The van der Waals surface area contributed by atoms with Gasteiger partial charge in [0, 0.05) is 42.1 Å². The number of fused-ring (bicyclic) bond motifs is 10. The third-order valence-electron chi connectivity index (χ3n) is 11.6. The first-order chi connectivity index (χ1) is 29.6. The number of thiophene rings is 1. The second kappa shape index (κ2) is 13.7. The summed E-state index contributed by atoms with van der Waals surface area (Å²) in [7, 11) is 0. The van der Waals surface area contributed by atoms with Crippen LogP contribution in [0.5, 0.6) is 0 Å². The Morgan fingerprint density at radius 1 is 0.517 bits per heavy atom. The van der Waals surface area contributed by atoms with Gasteiger partial charge in [-0.3, -0.25) is 9.20 Å². The van der Waals surface area contributed by atoms with Crippen LogP contribution in [0.25, 0.3) is 80.7 Å². The van der Waals surface area contributed by atoms with Crippen molar-refractivity contribution in [3.05, 3.63) is 215 Å². The van der Waals surface area contributed by atoms with Gasteiger partial charge in [0.25, 0.3) is 5.56 Å². The van der Waals surface area contributed by atoms with Crippen LogP contribution in [0.15, 0.2) is 203 Å². The number of aromatic nitrogens is 2. The van der Waals surface area contributed by atoms with Crippen LogP contribution in [0.2, 0.25) is 0 Å². The SMILES string of the molecule is O=c1c2cc(-c3cccc4sc5ccc(-c6cccc(C7=NC(c8ccccc8)NC(c8ccccc8)=N7)c6)cc5c34)ccc2nc2c3ccccc3c3ccccc3n12. The lowest BCUT2D eigenvalue weighted by atomic mass is 9.96. The van der Waals surface area contributed by atoms with Crippen LogP contribution in [-0.4, -0.2) is 21.1 Å². The number of pyridine rings is 1. The van der Waals surface area contributed by atoms with E-state index in [1.54, 1.807) is 15.7 Å². The minimum Gasteiger partial charge on any atom is -0.344 e. The molecule has 282 valence electrons. The third kappa shape index (κ3) is 5.55. The summed E-state index contributed by atoms with van der Waals surface area (Å²) in [4.78, 5) is 29.9. The van der Waals surface area contributed by atoms with Crippen LogP contribution >= 0.6 is 11.3 Å². The number of rotatable bonds is 5. The van der Waals surface area contributed by atoms with Gasteiger partial charge in [0.15, 0.2) is 5.84 Å². The van der Waals surface area contributed by atoms with E-state index < -0.39 is 0 Å². The average molecular weight is 788 g/mol. The predicted octanol–water partition coefficient (Wildman–Crippen LogP) is 12.4. The Bertz CT molecular complexity index is 3660. The molecule has 4 heterocycles. The summed E-state index contributed by atoms with van der Waals surface area (Å²) < 4.78 is 4.18. The van der Waals surface area contributed by atoms with Gasteiger partial charge in [0.1, 0.15) is 17.6 Å². The number of nitrogens with one attached hydrogen (secondary N) is 1. The average Bonchev–Trinajstić information content (AvgIpc) is 3.70. The van der Waals surface area contributed by atoms with E-state index >= 15 is 0 Å². The standard InChI is InChI=1S/C53H33N5OS/c59-53-42-31-36(25-27-44(42)54-52-41-21-8-7-19-39(41)40-20-9-10-23-45(40)58(52)53)38-22-12-24-47-48(38)43-30-35(26-28-46(43)60-47)34-17-11-18-37(29-34)51-56-49(32-13-3-1-4-14-32)55-50(57-51)33-15-5-2-6-16-33/h1-31,49H,(H,55,56,57). The second-order valence-corrected chi connectivity index (χ2v) is 16.3. The van der Waals surface area contributed by atoms with Crippen molar-refractivity contribution in [2.45, 2.75) is 6.17 Å². The van der Waals surface area contributed by atoms with Gasteiger partial charge in [-0.1, -0.05) is 146 Å². The van der Waals surface area contributed by atoms with Crippen molar-refractivity contribution in [2.75, 3.05) is 0 Å². The van der Waals surface area contributed by atoms with Gasteiger partial charge in [0.2, 0.25) is 0 Å². The Morgan fingerprint density at radius 3 is 2.07 bits per heavy atom. The highest BCUT2D eigenvalue weighted by molar-refractivity contribution is 7.26. The van der Waals surface area contributed by atoms with Crippen molar-refractivity contribution in [1.82, 2.24) is 14.7 Å². The Kier molecular flexibility index (Phi) is 7.83. The first kappa shape index (κ1) is 34.3. The molecule has 0 saturated heterocycles. The molecule has 1 atom stereocenters. The minimum absolute atomic E-state index is 0.0722. The maximum Gasteiger partial charge on any atom is 0.266 e. The van der Waals surface area contributed by atoms with Gasteiger partial charge in [0.05, 0.1) is 16.4 Å². The summed E-state index contributed by atoms with van der Waals surface area (Å²) in [5.74, 6) is 1.48. The van der Waals surface area contributed by atoms with Crippen molar-refractivity contribution in [2.24, 2.45) is 9.98 Å². The largest absolute Gasteiger partial charge is 0.344 e. The van der Waals surface area contributed by atoms with Crippen molar-refractivity contribution in [3.8, 4) is 22.3 Å². The summed E-state index contributed by atoms with van der Waals surface area (Å²) in [6.45, 7) is 0. The molecule has 3 aromatic heterocycles. The fourth-order valence-corrected chi connectivity index (χ4v) is 9.89. The molecule has 0 radical (unpaired) electrons. The lowest BCUT2D eigenvalue weighted by molar-refractivity contribution is 0.674. The highest BCUT2D eigenvalue weighted by Crippen LogP contribution is 2.42. The zero-order valence-corrected chi connectivity index (χ0v) is 32.9. The predicted molar refractivity (Wildman–Crippen MR) is 250 cm³/mol. The Balaban J connectivity index is 0.983. The molecule has 12 rings (SSSR count). The second-order valence-electron chi connectivity index (χ2n) is 15.2. The topological polar surface area (TPSA) is 71.1 Å². The molecular weight excluding hydrogens is 755 g/mol. The zero-order chi connectivity index (χ0) is 39.7. The summed E-state index contributed by atoms with van der Waals surface area (Å²) in [5, 5.41) is 9.57. The molecule has 1 N–H and O–H groups in total. The van der Waals surface area contributed by atoms with Gasteiger partial charge >= 0.3 is 0 Å². The van der Waals surface area contributed by atoms with E-state index in [9.17, 15) is 4.79 Å². The Labute approximate surface area is 348 Å². The van der Waals surface area contributed by atoms with Crippen LogP contribution in [0, 0.1) is 0 Å². The van der Waals surface area contributed by atoms with E-state index in [1.807, 2.05) is 78.9 Å². The molecule has 0 amide bonds. The van der Waals surface area contributed by atoms with Crippen LogP contribution < -0.4 is 10.9 Å². The molecule has 11 aromatic rings. The summed E-state index contributed by atoms with van der Waals surface area (Å²) in [6, 6.07) is 64.6. The lowest BCUT2D eigenvalue weighted by Crippen LogP contribution is -2.33. The molecule has 0 saturated carbocycles. The summed E-state index contributed by atoms with van der Waals surface area (Å²) in [5.41, 5.74) is 9.41. The number of nitrogens with zero attached hydrogens (tertiary/aromatic N) is 4. The number of hydrogen-bond donors (Lipinski definition) is 1. The van der Waals surface area contributed by atoms with Crippen LogP contribution in [0.1, 0.15) is 22.9 Å². The molecule has 60 heavy (non-hydrogen) atoms. The lowest BCUT2D eigenvalue weighted by Gasteiger charge is -2.23. The maximum absolute atomic E-state index is 14.6. The number of para-hydroxylation sites is 1. The quantitative estimate of drug-likeness (QED) is 0.139. The highest BCUT2D eigenvalue weighted by atomic mass is 32.1. The van der Waals surface area contributed by atoms with Crippen molar-refractivity contribution in [3.63, 3.8) is 0 Å². The monoisotopic (exact) mass is 787 g/mol. The fraction of sp³-hybridized carbons (Fsp3) is 0.0189. The molecule has 8 aromatic carbocycles. The van der Waals surface area contributed by atoms with E-state index in [0.29, 0.717) is 22.4 Å². The first-order valence-electron chi connectivity index (χ1n) is 20.0. The van der Waals surface area contributed by atoms with E-state index in [4.69, 9.17) is 15.0 Å². The van der Waals surface area contributed by atoms with Gasteiger partial charge in [-0.2, -0.15) is 0 Å². The van der Waals surface area contributed by atoms with E-state index in [0.717, 1.165) is 66.5 Å².